The Morgan fingerprint density at radius 3 is 2.44 bits per heavy atom. The first-order chi connectivity index (χ1) is 13.3. The van der Waals surface area contributed by atoms with Gasteiger partial charge in [0.1, 0.15) is 5.75 Å². The molecule has 0 fully saturated rings. The molecule has 4 rings (SSSR count). The molecule has 0 aliphatic heterocycles. The van der Waals surface area contributed by atoms with E-state index in [1.54, 1.807) is 18.9 Å². The highest BCUT2D eigenvalue weighted by Gasteiger charge is 2.13. The summed E-state index contributed by atoms with van der Waals surface area (Å²) >= 11 is 1.68. The number of fused-ring (bicyclic) bond motifs is 1. The lowest BCUT2D eigenvalue weighted by Gasteiger charge is -2.10. The van der Waals surface area contributed by atoms with Crippen LogP contribution in [0.1, 0.15) is 11.1 Å². The SMILES string of the molecule is COc1ccc(-n2c(SCc3ccc(C#N)cc3)nc3ccccc32)cc1. The Kier molecular flexibility index (Phi) is 4.82. The summed E-state index contributed by atoms with van der Waals surface area (Å²) in [6.07, 6.45) is 0. The second kappa shape index (κ2) is 7.56. The summed E-state index contributed by atoms with van der Waals surface area (Å²) in [7, 11) is 1.67. The first kappa shape index (κ1) is 17.2. The predicted octanol–water partition coefficient (Wildman–Crippen LogP) is 5.20. The van der Waals surface area contributed by atoms with Gasteiger partial charge in [-0.2, -0.15) is 5.26 Å². The number of methoxy groups -OCH3 is 1. The lowest BCUT2D eigenvalue weighted by molar-refractivity contribution is 0.414. The Balaban J connectivity index is 1.69. The number of ether oxygens (including phenoxy) is 1. The molecule has 4 nitrogen and oxygen atoms in total. The quantitative estimate of drug-likeness (QED) is 0.453. The maximum atomic E-state index is 8.94. The number of nitrogens with zero attached hydrogens (tertiary/aromatic N) is 3. The highest BCUT2D eigenvalue weighted by molar-refractivity contribution is 7.98. The molecule has 1 heterocycles. The first-order valence-electron chi connectivity index (χ1n) is 8.52. The van der Waals surface area contributed by atoms with Crippen molar-refractivity contribution in [3.63, 3.8) is 0 Å². The van der Waals surface area contributed by atoms with E-state index in [9.17, 15) is 0 Å². The number of para-hydroxylation sites is 2. The van der Waals surface area contributed by atoms with E-state index < -0.39 is 0 Å². The van der Waals surface area contributed by atoms with Gasteiger partial charge in [-0.15, -0.1) is 0 Å². The van der Waals surface area contributed by atoms with Crippen molar-refractivity contribution in [3.8, 4) is 17.5 Å². The van der Waals surface area contributed by atoms with Crippen LogP contribution in [-0.2, 0) is 5.75 Å². The van der Waals surface area contributed by atoms with Crippen LogP contribution in [0.2, 0.25) is 0 Å². The smallest absolute Gasteiger partial charge is 0.174 e. The van der Waals surface area contributed by atoms with Gasteiger partial charge in [0.25, 0.3) is 0 Å². The van der Waals surface area contributed by atoms with Gasteiger partial charge in [0, 0.05) is 11.4 Å². The maximum absolute atomic E-state index is 8.94. The van der Waals surface area contributed by atoms with E-state index in [-0.39, 0.29) is 0 Å². The first-order valence-corrected chi connectivity index (χ1v) is 9.51. The molecule has 27 heavy (non-hydrogen) atoms. The molecule has 0 bridgehead atoms. The van der Waals surface area contributed by atoms with Crippen LogP contribution in [0.15, 0.2) is 78.0 Å². The van der Waals surface area contributed by atoms with Gasteiger partial charge in [-0.1, -0.05) is 36.0 Å². The van der Waals surface area contributed by atoms with Gasteiger partial charge in [-0.3, -0.25) is 4.57 Å². The van der Waals surface area contributed by atoms with E-state index >= 15 is 0 Å². The van der Waals surface area contributed by atoms with E-state index in [1.807, 2.05) is 66.7 Å². The molecule has 5 heteroatoms. The molecule has 0 atom stereocenters. The second-order valence-electron chi connectivity index (χ2n) is 6.01. The standard InChI is InChI=1S/C22H17N3OS/c1-26-19-12-10-18(11-13-19)25-21-5-3-2-4-20(21)24-22(25)27-15-17-8-6-16(14-23)7-9-17/h2-13H,15H2,1H3. The molecule has 132 valence electrons. The molecule has 0 aliphatic rings. The summed E-state index contributed by atoms with van der Waals surface area (Å²) in [5, 5.41) is 9.88. The van der Waals surface area contributed by atoms with Crippen LogP contribution in [0, 0.1) is 11.3 Å². The largest absolute Gasteiger partial charge is 0.497 e. The molecule has 0 N–H and O–H groups in total. The molecule has 0 aliphatic carbocycles. The Morgan fingerprint density at radius 2 is 1.74 bits per heavy atom. The van der Waals surface area contributed by atoms with Gasteiger partial charge in [0.05, 0.1) is 29.8 Å². The lowest BCUT2D eigenvalue weighted by atomic mass is 10.2. The van der Waals surface area contributed by atoms with E-state index in [0.717, 1.165) is 38.9 Å². The molecule has 1 aromatic heterocycles. The molecule has 0 spiro atoms. The summed E-state index contributed by atoms with van der Waals surface area (Å²) < 4.78 is 7.45. The van der Waals surface area contributed by atoms with Crippen LogP contribution in [0.4, 0.5) is 0 Å². The molecular weight excluding hydrogens is 354 g/mol. The van der Waals surface area contributed by atoms with Crippen molar-refractivity contribution < 1.29 is 4.74 Å². The average Bonchev–Trinajstić information content (AvgIpc) is 3.11. The fourth-order valence-electron chi connectivity index (χ4n) is 2.90. The number of imidazole rings is 1. The van der Waals surface area contributed by atoms with Crippen molar-refractivity contribution in [3.05, 3.63) is 83.9 Å². The Morgan fingerprint density at radius 1 is 1.00 bits per heavy atom. The van der Waals surface area contributed by atoms with Crippen molar-refractivity contribution in [2.75, 3.05) is 7.11 Å². The Hall–Kier alpha value is -3.23. The topological polar surface area (TPSA) is 50.8 Å². The van der Waals surface area contributed by atoms with Crippen molar-refractivity contribution in [2.45, 2.75) is 10.9 Å². The van der Waals surface area contributed by atoms with Gasteiger partial charge in [-0.25, -0.2) is 4.98 Å². The fourth-order valence-corrected chi connectivity index (χ4v) is 3.89. The normalized spacial score (nSPS) is 10.7. The van der Waals surface area contributed by atoms with Crippen LogP contribution >= 0.6 is 11.8 Å². The Bertz CT molecular complexity index is 1110. The van der Waals surface area contributed by atoms with Crippen LogP contribution in [0.5, 0.6) is 5.75 Å². The minimum atomic E-state index is 0.675. The zero-order chi connectivity index (χ0) is 18.6. The van der Waals surface area contributed by atoms with Gasteiger partial charge in [0.2, 0.25) is 0 Å². The van der Waals surface area contributed by atoms with Gasteiger partial charge >= 0.3 is 0 Å². The molecule has 0 amide bonds. The molecule has 3 aromatic carbocycles. The van der Waals surface area contributed by atoms with E-state index in [2.05, 4.69) is 16.7 Å². The number of rotatable bonds is 5. The maximum Gasteiger partial charge on any atom is 0.174 e. The zero-order valence-corrected chi connectivity index (χ0v) is 15.6. The monoisotopic (exact) mass is 371 g/mol. The predicted molar refractivity (Wildman–Crippen MR) is 108 cm³/mol. The molecule has 4 aromatic rings. The zero-order valence-electron chi connectivity index (χ0n) is 14.8. The highest BCUT2D eigenvalue weighted by atomic mass is 32.2. The van der Waals surface area contributed by atoms with Gasteiger partial charge < -0.3 is 4.74 Å². The van der Waals surface area contributed by atoms with Crippen molar-refractivity contribution in [2.24, 2.45) is 0 Å². The van der Waals surface area contributed by atoms with Crippen molar-refractivity contribution in [1.29, 1.82) is 5.26 Å². The van der Waals surface area contributed by atoms with Gasteiger partial charge in [-0.05, 0) is 54.1 Å². The molecule has 0 radical (unpaired) electrons. The highest BCUT2D eigenvalue weighted by Crippen LogP contribution is 2.30. The number of hydrogen-bond acceptors (Lipinski definition) is 4. The summed E-state index contributed by atoms with van der Waals surface area (Å²) in [6.45, 7) is 0. The second-order valence-corrected chi connectivity index (χ2v) is 6.96. The third kappa shape index (κ3) is 3.53. The minimum absolute atomic E-state index is 0.675. The molecule has 0 saturated heterocycles. The Labute approximate surface area is 162 Å². The van der Waals surface area contributed by atoms with Crippen molar-refractivity contribution in [1.82, 2.24) is 9.55 Å². The van der Waals surface area contributed by atoms with E-state index in [1.165, 1.54) is 0 Å². The van der Waals surface area contributed by atoms with E-state index in [4.69, 9.17) is 15.0 Å². The third-order valence-electron chi connectivity index (χ3n) is 4.31. The lowest BCUT2D eigenvalue weighted by Crippen LogP contribution is -1.97. The third-order valence-corrected chi connectivity index (χ3v) is 5.32. The average molecular weight is 371 g/mol. The minimum Gasteiger partial charge on any atom is -0.497 e. The number of hydrogen-bond donors (Lipinski definition) is 0. The molecule has 0 saturated carbocycles. The van der Waals surface area contributed by atoms with Crippen LogP contribution in [-0.4, -0.2) is 16.7 Å². The molecule has 0 unspecified atom stereocenters. The fraction of sp³-hybridized carbons (Fsp3) is 0.0909. The van der Waals surface area contributed by atoms with Crippen LogP contribution < -0.4 is 4.74 Å². The van der Waals surface area contributed by atoms with Gasteiger partial charge in [0.15, 0.2) is 5.16 Å². The van der Waals surface area contributed by atoms with E-state index in [0.29, 0.717) is 5.56 Å². The number of aromatic nitrogens is 2. The van der Waals surface area contributed by atoms with Crippen molar-refractivity contribution >= 4 is 22.8 Å². The summed E-state index contributed by atoms with van der Waals surface area (Å²) in [5.74, 6) is 1.61. The van der Waals surface area contributed by atoms with Crippen LogP contribution in [0.25, 0.3) is 16.7 Å². The number of thioether (sulfide) groups is 1. The molecular formula is C22H17N3OS. The summed E-state index contributed by atoms with van der Waals surface area (Å²) in [5.41, 5.74) is 4.93. The summed E-state index contributed by atoms with van der Waals surface area (Å²) in [4.78, 5) is 4.82. The van der Waals surface area contributed by atoms with Crippen LogP contribution in [0.3, 0.4) is 0 Å². The number of nitriles is 1. The number of benzene rings is 3. The summed E-state index contributed by atoms with van der Waals surface area (Å²) in [6, 6.07) is 26.0.